The van der Waals surface area contributed by atoms with E-state index in [4.69, 9.17) is 0 Å². The van der Waals surface area contributed by atoms with Crippen molar-refractivity contribution in [1.82, 2.24) is 4.90 Å². The lowest BCUT2D eigenvalue weighted by atomic mass is 10.3. The molecule has 0 N–H and O–H groups in total. The lowest BCUT2D eigenvalue weighted by molar-refractivity contribution is 0.619. The Hall–Kier alpha value is -1.64. The van der Waals surface area contributed by atoms with E-state index in [2.05, 4.69) is 22.1 Å². The number of aliphatic imine (C=N–C) groups is 2. The van der Waals surface area contributed by atoms with Crippen LogP contribution in [0.1, 0.15) is 20.3 Å². The zero-order valence-corrected chi connectivity index (χ0v) is 10.4. The van der Waals surface area contributed by atoms with E-state index in [1.165, 1.54) is 0 Å². The van der Waals surface area contributed by atoms with Crippen LogP contribution >= 0.6 is 0 Å². The summed E-state index contributed by atoms with van der Waals surface area (Å²) in [5, 5.41) is 0. The van der Waals surface area contributed by atoms with Gasteiger partial charge in [0.2, 0.25) is 0 Å². The molecule has 0 spiro atoms. The maximum atomic E-state index is 4.46. The van der Waals surface area contributed by atoms with Crippen LogP contribution in [-0.2, 0) is 0 Å². The molecule has 0 bridgehead atoms. The van der Waals surface area contributed by atoms with Gasteiger partial charge in [0.1, 0.15) is 11.7 Å². The van der Waals surface area contributed by atoms with Gasteiger partial charge in [0.05, 0.1) is 5.70 Å². The van der Waals surface area contributed by atoms with Crippen LogP contribution in [0, 0.1) is 0 Å². The van der Waals surface area contributed by atoms with Gasteiger partial charge in [0.25, 0.3) is 0 Å². The first-order valence-corrected chi connectivity index (χ1v) is 5.41. The molecule has 0 aliphatic heterocycles. The van der Waals surface area contributed by atoms with E-state index in [0.29, 0.717) is 0 Å². The normalized spacial score (nSPS) is 17.1. The number of rotatable bonds is 1. The molecule has 86 valence electrons. The summed E-state index contributed by atoms with van der Waals surface area (Å²) in [6.07, 6.45) is 11.1. The van der Waals surface area contributed by atoms with Crippen LogP contribution < -0.4 is 0 Å². The second-order valence-corrected chi connectivity index (χ2v) is 3.86. The number of hydrogen-bond donors (Lipinski definition) is 0. The topological polar surface area (TPSA) is 28.0 Å². The van der Waals surface area contributed by atoms with Crippen molar-refractivity contribution in [3.05, 3.63) is 36.1 Å². The van der Waals surface area contributed by atoms with Crippen molar-refractivity contribution >= 4 is 11.7 Å². The number of nitrogens with zero attached hydrogens (tertiary/aromatic N) is 3. The van der Waals surface area contributed by atoms with E-state index < -0.39 is 0 Å². The maximum Gasteiger partial charge on any atom is 0.127 e. The van der Waals surface area contributed by atoms with E-state index in [-0.39, 0.29) is 0 Å². The van der Waals surface area contributed by atoms with E-state index in [9.17, 15) is 0 Å². The molecule has 0 saturated heterocycles. The molecular formula is C13H19N3. The van der Waals surface area contributed by atoms with Gasteiger partial charge in [-0.2, -0.15) is 0 Å². The molecule has 0 atom stereocenters. The maximum absolute atomic E-state index is 4.46. The Balaban J connectivity index is 2.77. The largest absolute Gasteiger partial charge is 0.366 e. The molecule has 0 fully saturated rings. The number of hydrogen-bond acceptors (Lipinski definition) is 1. The fourth-order valence-electron chi connectivity index (χ4n) is 1.20. The van der Waals surface area contributed by atoms with Crippen LogP contribution in [0.2, 0.25) is 0 Å². The van der Waals surface area contributed by atoms with E-state index >= 15 is 0 Å². The first kappa shape index (κ1) is 12.4. The van der Waals surface area contributed by atoms with Gasteiger partial charge in [-0.25, -0.2) is 9.98 Å². The molecule has 3 heteroatoms. The summed E-state index contributed by atoms with van der Waals surface area (Å²) in [7, 11) is 3.95. The van der Waals surface area contributed by atoms with Gasteiger partial charge in [-0.05, 0) is 26.3 Å². The Morgan fingerprint density at radius 1 is 1.25 bits per heavy atom. The molecule has 0 radical (unpaired) electrons. The van der Waals surface area contributed by atoms with E-state index in [0.717, 1.165) is 23.8 Å². The fourth-order valence-corrected chi connectivity index (χ4v) is 1.20. The quantitative estimate of drug-likeness (QED) is 0.490. The molecule has 0 aromatic rings. The molecule has 0 aromatic heterocycles. The molecule has 0 saturated carbocycles. The summed E-state index contributed by atoms with van der Waals surface area (Å²) < 4.78 is 0. The average Bonchev–Trinajstić information content (AvgIpc) is 2.45. The predicted molar refractivity (Wildman–Crippen MR) is 70.9 cm³/mol. The minimum Gasteiger partial charge on any atom is -0.366 e. The molecule has 3 nitrogen and oxygen atoms in total. The Bertz CT molecular complexity index is 382. The van der Waals surface area contributed by atoms with Crippen molar-refractivity contribution in [3.8, 4) is 0 Å². The highest BCUT2D eigenvalue weighted by atomic mass is 15.1. The number of allylic oxidation sites excluding steroid dienone is 5. The summed E-state index contributed by atoms with van der Waals surface area (Å²) in [6.45, 7) is 3.89. The monoisotopic (exact) mass is 217 g/mol. The summed E-state index contributed by atoms with van der Waals surface area (Å²) in [5.41, 5.74) is 0.970. The van der Waals surface area contributed by atoms with Crippen molar-refractivity contribution in [2.24, 2.45) is 9.98 Å². The summed E-state index contributed by atoms with van der Waals surface area (Å²) in [6, 6.07) is 0. The van der Waals surface area contributed by atoms with Crippen LogP contribution in [0.3, 0.4) is 0 Å². The second-order valence-electron chi connectivity index (χ2n) is 3.86. The van der Waals surface area contributed by atoms with E-state index in [1.54, 1.807) is 0 Å². The molecule has 1 rings (SSSR count). The molecule has 16 heavy (non-hydrogen) atoms. The minimum absolute atomic E-state index is 0.781. The Morgan fingerprint density at radius 3 is 2.69 bits per heavy atom. The van der Waals surface area contributed by atoms with Crippen LogP contribution in [0.25, 0.3) is 0 Å². The van der Waals surface area contributed by atoms with Gasteiger partial charge >= 0.3 is 0 Å². The Morgan fingerprint density at radius 2 is 2.00 bits per heavy atom. The molecule has 0 unspecified atom stereocenters. The van der Waals surface area contributed by atoms with Crippen molar-refractivity contribution in [1.29, 1.82) is 0 Å². The predicted octanol–water partition coefficient (Wildman–Crippen LogP) is 2.78. The SMILES string of the molecule is CC(=NC1=CCC=CC=C1)N=C(C)N(C)C. The third-order valence-corrected chi connectivity index (χ3v) is 2.24. The van der Waals surface area contributed by atoms with Crippen LogP contribution in [0.4, 0.5) is 0 Å². The molecule has 0 heterocycles. The smallest absolute Gasteiger partial charge is 0.127 e. The lowest BCUT2D eigenvalue weighted by Crippen LogP contribution is -2.19. The first-order chi connectivity index (χ1) is 7.59. The summed E-state index contributed by atoms with van der Waals surface area (Å²) >= 11 is 0. The average molecular weight is 217 g/mol. The number of amidine groups is 2. The lowest BCUT2D eigenvalue weighted by Gasteiger charge is -2.10. The van der Waals surface area contributed by atoms with Crippen molar-refractivity contribution in [2.75, 3.05) is 14.1 Å². The first-order valence-electron chi connectivity index (χ1n) is 5.41. The zero-order chi connectivity index (χ0) is 12.0. The van der Waals surface area contributed by atoms with Crippen molar-refractivity contribution in [3.63, 3.8) is 0 Å². The van der Waals surface area contributed by atoms with Crippen LogP contribution in [0.15, 0.2) is 46.1 Å². The van der Waals surface area contributed by atoms with Crippen molar-refractivity contribution < 1.29 is 0 Å². The highest BCUT2D eigenvalue weighted by Crippen LogP contribution is 2.07. The molecular weight excluding hydrogens is 198 g/mol. The molecule has 0 aromatic carbocycles. The zero-order valence-electron chi connectivity index (χ0n) is 10.4. The standard InChI is InChI=1S/C13H19N3/c1-11(14-12(2)16(3)4)15-13-9-7-5-6-8-10-13/h5-7,9-10H,8H2,1-4H3. The highest BCUT2D eigenvalue weighted by molar-refractivity contribution is 5.95. The van der Waals surface area contributed by atoms with Gasteiger partial charge in [-0.15, -0.1) is 0 Å². The third-order valence-electron chi connectivity index (χ3n) is 2.24. The third kappa shape index (κ3) is 4.26. The Kier molecular flexibility index (Phi) is 4.70. The van der Waals surface area contributed by atoms with Gasteiger partial charge in [-0.1, -0.05) is 24.3 Å². The highest BCUT2D eigenvalue weighted by Gasteiger charge is 1.96. The fraction of sp³-hybridized carbons (Fsp3) is 0.385. The second kappa shape index (κ2) is 6.05. The Labute approximate surface area is 97.6 Å². The van der Waals surface area contributed by atoms with Crippen LogP contribution in [-0.4, -0.2) is 30.7 Å². The molecule has 1 aliphatic rings. The van der Waals surface area contributed by atoms with Crippen molar-refractivity contribution in [2.45, 2.75) is 20.3 Å². The van der Waals surface area contributed by atoms with Gasteiger partial charge in [-0.3, -0.25) is 0 Å². The van der Waals surface area contributed by atoms with Gasteiger partial charge < -0.3 is 4.90 Å². The summed E-state index contributed by atoms with van der Waals surface area (Å²) in [4.78, 5) is 10.8. The molecule has 0 amide bonds. The van der Waals surface area contributed by atoms with Gasteiger partial charge in [0.15, 0.2) is 0 Å². The van der Waals surface area contributed by atoms with Crippen LogP contribution in [0.5, 0.6) is 0 Å². The minimum atomic E-state index is 0.781. The van der Waals surface area contributed by atoms with E-state index in [1.807, 2.05) is 51.1 Å². The summed E-state index contributed by atoms with van der Waals surface area (Å²) in [5.74, 6) is 1.74. The molecule has 1 aliphatic carbocycles. The van der Waals surface area contributed by atoms with Gasteiger partial charge in [0, 0.05) is 14.1 Å².